The van der Waals surface area contributed by atoms with Crippen LogP contribution in [0, 0.1) is 0 Å². The minimum absolute atomic E-state index is 0.0120. The largest absolute Gasteiger partial charge is 0.472 e. The highest BCUT2D eigenvalue weighted by Gasteiger charge is 2.28. The molecule has 356 valence electrons. The van der Waals surface area contributed by atoms with Crippen molar-refractivity contribution >= 4 is 27.6 Å². The number of aliphatic hydroxyl groups is 2. The molecule has 0 aromatic rings. The number of hydrogen-bond donors (Lipinski definition) is 5. The summed E-state index contributed by atoms with van der Waals surface area (Å²) in [7, 11) is -9.76. The van der Waals surface area contributed by atoms with Gasteiger partial charge in [0.05, 0.1) is 25.9 Å². The topological polar surface area (TPSA) is 216 Å². The summed E-state index contributed by atoms with van der Waals surface area (Å²) >= 11 is 0. The number of esters is 2. The number of carbonyl (C=O) groups is 2. The second-order valence-electron chi connectivity index (χ2n) is 14.8. The molecule has 0 spiro atoms. The second-order valence-corrected chi connectivity index (χ2v) is 17.5. The van der Waals surface area contributed by atoms with E-state index in [9.17, 15) is 33.8 Å². The number of carbonyl (C=O) groups excluding carboxylic acids is 2. The van der Waals surface area contributed by atoms with Gasteiger partial charge >= 0.3 is 27.6 Å². The normalized spacial score (nSPS) is 15.3. The van der Waals surface area contributed by atoms with E-state index in [0.717, 1.165) is 38.5 Å². The molecule has 14 nitrogen and oxygen atoms in total. The predicted octanol–water partition coefficient (Wildman–Crippen LogP) is 10.5. The van der Waals surface area contributed by atoms with E-state index in [1.165, 1.54) is 57.8 Å². The van der Waals surface area contributed by atoms with Gasteiger partial charge in [0.25, 0.3) is 0 Å². The zero-order valence-electron chi connectivity index (χ0n) is 37.3. The van der Waals surface area contributed by atoms with Crippen molar-refractivity contribution in [1.29, 1.82) is 0 Å². The van der Waals surface area contributed by atoms with Crippen LogP contribution in [0.3, 0.4) is 0 Å². The lowest BCUT2D eigenvalue weighted by atomic mass is 10.1. The van der Waals surface area contributed by atoms with E-state index in [0.29, 0.717) is 25.7 Å². The number of phosphoric acid groups is 2. The third-order valence-electron chi connectivity index (χ3n) is 8.85. The molecule has 0 saturated carbocycles. The van der Waals surface area contributed by atoms with Crippen molar-refractivity contribution in [3.8, 4) is 0 Å². The van der Waals surface area contributed by atoms with Gasteiger partial charge in [0, 0.05) is 12.8 Å². The monoisotopic (exact) mass is 916 g/mol. The van der Waals surface area contributed by atoms with Gasteiger partial charge in [-0.1, -0.05) is 144 Å². The van der Waals surface area contributed by atoms with Crippen molar-refractivity contribution in [2.45, 2.75) is 167 Å². The highest BCUT2D eigenvalue weighted by atomic mass is 31.2. The van der Waals surface area contributed by atoms with Gasteiger partial charge in [-0.15, -0.1) is 0 Å². The van der Waals surface area contributed by atoms with Crippen LogP contribution < -0.4 is 0 Å². The van der Waals surface area contributed by atoms with Gasteiger partial charge in [-0.3, -0.25) is 23.2 Å². The molecule has 0 fully saturated rings. The molecule has 0 saturated heterocycles. The van der Waals surface area contributed by atoms with Crippen LogP contribution in [0.4, 0.5) is 0 Å². The number of hydrogen-bond acceptors (Lipinski definition) is 11. The molecule has 0 amide bonds. The maximum Gasteiger partial charge on any atom is 0.472 e. The molecule has 0 aromatic heterocycles. The Morgan fingerprint density at radius 3 is 1.63 bits per heavy atom. The fraction of sp³-hybridized carbons (Fsp3) is 0.652. The molecular weight excluding hydrogens is 838 g/mol. The van der Waals surface area contributed by atoms with E-state index in [-0.39, 0.29) is 12.8 Å². The van der Waals surface area contributed by atoms with Gasteiger partial charge in [0.2, 0.25) is 0 Å². The first-order valence-corrected chi connectivity index (χ1v) is 25.4. The number of rotatable bonds is 41. The number of allylic oxidation sites excluding steroid dienone is 13. The van der Waals surface area contributed by atoms with E-state index in [2.05, 4.69) is 71.5 Å². The molecule has 5 N–H and O–H groups in total. The van der Waals surface area contributed by atoms with Crippen LogP contribution in [-0.2, 0) is 41.8 Å². The van der Waals surface area contributed by atoms with Gasteiger partial charge in [-0.05, 0) is 77.0 Å². The Bertz CT molecular complexity index is 1430. The van der Waals surface area contributed by atoms with Gasteiger partial charge in [0.15, 0.2) is 6.10 Å². The summed E-state index contributed by atoms with van der Waals surface area (Å²) in [6.45, 7) is 1.44. The molecule has 0 aliphatic heterocycles. The highest BCUT2D eigenvalue weighted by molar-refractivity contribution is 7.47. The fourth-order valence-electron chi connectivity index (χ4n) is 5.41. The average molecular weight is 917 g/mol. The predicted molar refractivity (Wildman–Crippen MR) is 245 cm³/mol. The Morgan fingerprint density at radius 2 is 1.02 bits per heavy atom. The first-order valence-electron chi connectivity index (χ1n) is 22.4. The standard InChI is InChI=1S/C46H78O14P2/c1-3-5-7-9-11-13-15-17-18-19-20-22-24-26-28-30-32-36-46(50)60-44(41-59-62(54,55)58-39-43(48)38-57-61(51,52)53)40-56-45(49)37-33-35-42(47)34-31-29-27-25-23-21-16-14-12-10-8-6-4-2/h11,13,17-18,20-23,26-29,31,34,42-44,47-48H,3-10,12,14-16,19,24-25,30,32-33,35-41H2,1-2H3,(H,54,55)(H2,51,52,53)/b13-11-,18-17-,22-20-,23-21+,28-26-,29-27+,34-31+/t42?,43-,44+/m0/s1. The molecule has 0 aliphatic rings. The molecule has 0 bridgehead atoms. The summed E-state index contributed by atoms with van der Waals surface area (Å²) in [4.78, 5) is 52.7. The Hall–Kier alpha value is -2.74. The number of phosphoric ester groups is 2. The van der Waals surface area contributed by atoms with Crippen LogP contribution in [0.2, 0.25) is 0 Å². The van der Waals surface area contributed by atoms with Crippen molar-refractivity contribution < 1.29 is 66.7 Å². The van der Waals surface area contributed by atoms with E-state index in [1.54, 1.807) is 12.2 Å². The second kappa shape index (κ2) is 41.0. The lowest BCUT2D eigenvalue weighted by Crippen LogP contribution is -2.30. The van der Waals surface area contributed by atoms with Crippen LogP contribution in [0.1, 0.15) is 149 Å². The van der Waals surface area contributed by atoms with Crippen LogP contribution in [0.5, 0.6) is 0 Å². The molecule has 4 atom stereocenters. The first kappa shape index (κ1) is 59.3. The number of unbranched alkanes of at least 4 members (excludes halogenated alkanes) is 10. The molecule has 0 heterocycles. The van der Waals surface area contributed by atoms with Gasteiger partial charge in [0.1, 0.15) is 12.7 Å². The van der Waals surface area contributed by atoms with Crippen molar-refractivity contribution in [2.24, 2.45) is 0 Å². The molecule has 62 heavy (non-hydrogen) atoms. The maximum absolute atomic E-state index is 12.7. The van der Waals surface area contributed by atoms with Gasteiger partial charge in [-0.25, -0.2) is 9.13 Å². The summed E-state index contributed by atoms with van der Waals surface area (Å²) in [5, 5.41) is 20.0. The minimum Gasteiger partial charge on any atom is -0.462 e. The summed E-state index contributed by atoms with van der Waals surface area (Å²) in [5.74, 6) is -1.30. The Kier molecular flexibility index (Phi) is 39.2. The minimum atomic E-state index is -4.89. The van der Waals surface area contributed by atoms with E-state index < -0.39 is 72.3 Å². The molecule has 16 heteroatoms. The third kappa shape index (κ3) is 43.9. The molecule has 2 unspecified atom stereocenters. The summed E-state index contributed by atoms with van der Waals surface area (Å²) in [6, 6.07) is 0. The number of aliphatic hydroxyl groups excluding tert-OH is 2. The van der Waals surface area contributed by atoms with Crippen molar-refractivity contribution in [2.75, 3.05) is 26.4 Å². The van der Waals surface area contributed by atoms with E-state index in [1.807, 2.05) is 24.3 Å². The SMILES string of the molecule is CCCCC/C=C\C/C=C\C/C=C\C/C=C\CCCC(=O)O[C@H](COC(=O)CCCC(O)/C=C/C=C/C/C=C/CCCCCCCC)COP(=O)(O)OC[C@@H](O)COP(=O)(O)O. The third-order valence-corrected chi connectivity index (χ3v) is 10.3. The van der Waals surface area contributed by atoms with Gasteiger partial charge < -0.3 is 34.4 Å². The first-order chi connectivity index (χ1) is 29.8. The lowest BCUT2D eigenvalue weighted by Gasteiger charge is -2.20. The van der Waals surface area contributed by atoms with Crippen LogP contribution in [0.15, 0.2) is 85.1 Å². The summed E-state index contributed by atoms with van der Waals surface area (Å²) in [5.41, 5.74) is 0. The molecule has 0 rings (SSSR count). The van der Waals surface area contributed by atoms with Crippen LogP contribution in [-0.4, -0.2) is 81.6 Å². The van der Waals surface area contributed by atoms with Crippen molar-refractivity contribution in [3.63, 3.8) is 0 Å². The Balaban J connectivity index is 4.79. The lowest BCUT2D eigenvalue weighted by molar-refractivity contribution is -0.161. The molecular formula is C46H78O14P2. The molecule has 0 radical (unpaired) electrons. The zero-order valence-corrected chi connectivity index (χ0v) is 39.1. The molecule has 0 aromatic carbocycles. The molecule has 0 aliphatic carbocycles. The smallest absolute Gasteiger partial charge is 0.462 e. The zero-order chi connectivity index (χ0) is 46.0. The average Bonchev–Trinajstić information content (AvgIpc) is 3.22. The highest BCUT2D eigenvalue weighted by Crippen LogP contribution is 2.43. The number of ether oxygens (including phenoxy) is 2. The quantitative estimate of drug-likeness (QED) is 0.0127. The Labute approximate surface area is 371 Å². The van der Waals surface area contributed by atoms with Gasteiger partial charge in [-0.2, -0.15) is 0 Å². The Morgan fingerprint density at radius 1 is 0.532 bits per heavy atom. The summed E-state index contributed by atoms with van der Waals surface area (Å²) < 4.78 is 47.6. The van der Waals surface area contributed by atoms with E-state index in [4.69, 9.17) is 23.8 Å². The maximum atomic E-state index is 12.7. The van der Waals surface area contributed by atoms with Crippen LogP contribution >= 0.6 is 15.6 Å². The van der Waals surface area contributed by atoms with E-state index >= 15 is 0 Å². The van der Waals surface area contributed by atoms with Crippen molar-refractivity contribution in [1.82, 2.24) is 0 Å². The van der Waals surface area contributed by atoms with Crippen LogP contribution in [0.25, 0.3) is 0 Å². The van der Waals surface area contributed by atoms with Crippen molar-refractivity contribution in [3.05, 3.63) is 85.1 Å². The fourth-order valence-corrected chi connectivity index (χ4v) is 6.56. The summed E-state index contributed by atoms with van der Waals surface area (Å²) in [6.07, 6.45) is 43.3.